The van der Waals surface area contributed by atoms with Crippen molar-refractivity contribution in [3.8, 4) is 0 Å². The molecule has 0 atom stereocenters. The molecule has 1 aromatic carbocycles. The molecule has 1 heterocycles. The number of esters is 2. The molecule has 0 radical (unpaired) electrons. The molecular weight excluding hydrogens is 330 g/mol. The maximum Gasteiger partial charge on any atom is 0.373 e. The number of methoxy groups -OCH3 is 1. The van der Waals surface area contributed by atoms with E-state index in [0.717, 1.165) is 6.07 Å². The second-order valence-electron chi connectivity index (χ2n) is 4.25. The Morgan fingerprint density at radius 3 is 2.65 bits per heavy atom. The van der Waals surface area contributed by atoms with E-state index in [0.29, 0.717) is 0 Å². The Kier molecular flexibility index (Phi) is 4.97. The van der Waals surface area contributed by atoms with Crippen molar-refractivity contribution in [2.75, 3.05) is 7.11 Å². The number of carbonyl (C=O) groups is 2. The highest BCUT2D eigenvalue weighted by molar-refractivity contribution is 6.33. The van der Waals surface area contributed by atoms with Crippen LogP contribution in [0.25, 0.3) is 0 Å². The normalized spacial score (nSPS) is 10.2. The fourth-order valence-electron chi connectivity index (χ4n) is 1.66. The molecule has 0 aliphatic heterocycles. The lowest BCUT2D eigenvalue weighted by atomic mass is 10.2. The largest absolute Gasteiger partial charge is 0.463 e. The number of benzene rings is 1. The maximum absolute atomic E-state index is 11.9. The van der Waals surface area contributed by atoms with Crippen LogP contribution in [0.1, 0.15) is 26.7 Å². The lowest BCUT2D eigenvalue weighted by Crippen LogP contribution is -2.06. The highest BCUT2D eigenvalue weighted by Crippen LogP contribution is 2.23. The Balaban J connectivity index is 2.08. The molecule has 0 amide bonds. The van der Waals surface area contributed by atoms with Crippen LogP contribution in [0.5, 0.6) is 0 Å². The number of hydrogen-bond donors (Lipinski definition) is 0. The molecule has 23 heavy (non-hydrogen) atoms. The average molecular weight is 340 g/mol. The Morgan fingerprint density at radius 1 is 1.26 bits per heavy atom. The molecule has 0 aliphatic carbocycles. The SMILES string of the molecule is COC(=O)c1ccc(COC(=O)c2cc([N+](=O)[O-])ccc2Cl)o1. The molecule has 8 nitrogen and oxygen atoms in total. The van der Waals surface area contributed by atoms with Gasteiger partial charge in [-0.2, -0.15) is 0 Å². The summed E-state index contributed by atoms with van der Waals surface area (Å²) in [5.41, 5.74) is -0.423. The van der Waals surface area contributed by atoms with Crippen molar-refractivity contribution in [1.29, 1.82) is 0 Å². The van der Waals surface area contributed by atoms with Crippen molar-refractivity contribution in [2.24, 2.45) is 0 Å². The first-order valence-corrected chi connectivity index (χ1v) is 6.58. The standard InChI is InChI=1S/C14H10ClNO7/c1-21-14(18)12-5-3-9(23-12)7-22-13(17)10-6-8(16(19)20)2-4-11(10)15/h2-6H,7H2,1H3. The monoisotopic (exact) mass is 339 g/mol. The second kappa shape index (κ2) is 6.93. The number of rotatable bonds is 5. The van der Waals surface area contributed by atoms with Crippen LogP contribution in [0.15, 0.2) is 34.7 Å². The molecule has 0 N–H and O–H groups in total. The van der Waals surface area contributed by atoms with Crippen molar-refractivity contribution < 1.29 is 28.4 Å². The van der Waals surface area contributed by atoms with Gasteiger partial charge in [-0.15, -0.1) is 0 Å². The molecule has 0 saturated heterocycles. The summed E-state index contributed by atoms with van der Waals surface area (Å²) >= 11 is 5.83. The minimum absolute atomic E-state index is 0.0234. The summed E-state index contributed by atoms with van der Waals surface area (Å²) in [6.45, 7) is -0.269. The Bertz CT molecular complexity index is 768. The zero-order valence-electron chi connectivity index (χ0n) is 11.8. The van der Waals surface area contributed by atoms with Crippen LogP contribution in [0.4, 0.5) is 5.69 Å². The Morgan fingerprint density at radius 2 is 2.00 bits per heavy atom. The number of nitrogens with zero attached hydrogens (tertiary/aromatic N) is 1. The minimum atomic E-state index is -0.852. The fourth-order valence-corrected chi connectivity index (χ4v) is 1.86. The quantitative estimate of drug-likeness (QED) is 0.468. The molecular formula is C14H10ClNO7. The van der Waals surface area contributed by atoms with Crippen LogP contribution >= 0.6 is 11.6 Å². The molecule has 1 aromatic heterocycles. The van der Waals surface area contributed by atoms with Crippen LogP contribution in [0.2, 0.25) is 5.02 Å². The highest BCUT2D eigenvalue weighted by atomic mass is 35.5. The third-order valence-electron chi connectivity index (χ3n) is 2.77. The van der Waals surface area contributed by atoms with E-state index >= 15 is 0 Å². The van der Waals surface area contributed by atoms with Gasteiger partial charge < -0.3 is 13.9 Å². The average Bonchev–Trinajstić information content (AvgIpc) is 3.01. The topological polar surface area (TPSA) is 109 Å². The zero-order valence-corrected chi connectivity index (χ0v) is 12.5. The molecule has 2 rings (SSSR count). The van der Waals surface area contributed by atoms with Gasteiger partial charge in [0, 0.05) is 12.1 Å². The predicted octanol–water partition coefficient (Wildman–Crippen LogP) is 2.98. The van der Waals surface area contributed by atoms with Crippen LogP contribution in [-0.2, 0) is 16.1 Å². The molecule has 120 valence electrons. The number of halogens is 1. The van der Waals surface area contributed by atoms with Gasteiger partial charge in [0.25, 0.3) is 5.69 Å². The van der Waals surface area contributed by atoms with Gasteiger partial charge in [-0.1, -0.05) is 11.6 Å². The lowest BCUT2D eigenvalue weighted by Gasteiger charge is -2.04. The van der Waals surface area contributed by atoms with Gasteiger partial charge in [-0.3, -0.25) is 10.1 Å². The van der Waals surface area contributed by atoms with E-state index in [1.165, 1.54) is 31.4 Å². The van der Waals surface area contributed by atoms with E-state index in [2.05, 4.69) is 4.74 Å². The molecule has 0 saturated carbocycles. The van der Waals surface area contributed by atoms with Gasteiger partial charge in [-0.05, 0) is 18.2 Å². The summed E-state index contributed by atoms with van der Waals surface area (Å²) in [4.78, 5) is 33.2. The van der Waals surface area contributed by atoms with E-state index in [9.17, 15) is 19.7 Å². The molecule has 9 heteroatoms. The van der Waals surface area contributed by atoms with E-state index in [1.807, 2.05) is 0 Å². The van der Waals surface area contributed by atoms with Gasteiger partial charge in [0.1, 0.15) is 12.4 Å². The first kappa shape index (κ1) is 16.5. The number of carbonyl (C=O) groups excluding carboxylic acids is 2. The third-order valence-corrected chi connectivity index (χ3v) is 3.10. The molecule has 0 aliphatic rings. The summed E-state index contributed by atoms with van der Waals surface area (Å²) in [7, 11) is 1.20. The molecule has 0 spiro atoms. The summed E-state index contributed by atoms with van der Waals surface area (Å²) in [6.07, 6.45) is 0. The fraction of sp³-hybridized carbons (Fsp3) is 0.143. The Hall–Kier alpha value is -2.87. The summed E-state index contributed by atoms with van der Waals surface area (Å²) in [5.74, 6) is -1.34. The molecule has 0 unspecified atom stereocenters. The van der Waals surface area contributed by atoms with E-state index < -0.39 is 16.9 Å². The van der Waals surface area contributed by atoms with E-state index in [4.69, 9.17) is 20.8 Å². The van der Waals surface area contributed by atoms with Crippen molar-refractivity contribution in [2.45, 2.75) is 6.61 Å². The minimum Gasteiger partial charge on any atom is -0.463 e. The van der Waals surface area contributed by atoms with E-state index in [-0.39, 0.29) is 34.4 Å². The van der Waals surface area contributed by atoms with Gasteiger partial charge in [-0.25, -0.2) is 9.59 Å². The molecule has 0 bridgehead atoms. The van der Waals surface area contributed by atoms with Gasteiger partial charge >= 0.3 is 11.9 Å². The maximum atomic E-state index is 11.9. The van der Waals surface area contributed by atoms with Crippen LogP contribution < -0.4 is 0 Å². The first-order valence-electron chi connectivity index (χ1n) is 6.20. The third kappa shape index (κ3) is 3.86. The number of nitro benzene ring substituents is 1. The van der Waals surface area contributed by atoms with E-state index in [1.54, 1.807) is 0 Å². The van der Waals surface area contributed by atoms with Crippen molar-refractivity contribution in [1.82, 2.24) is 0 Å². The molecule has 2 aromatic rings. The summed E-state index contributed by atoms with van der Waals surface area (Å²) in [5, 5.41) is 10.7. The van der Waals surface area contributed by atoms with Crippen LogP contribution in [0.3, 0.4) is 0 Å². The number of hydrogen-bond acceptors (Lipinski definition) is 7. The zero-order chi connectivity index (χ0) is 17.0. The van der Waals surface area contributed by atoms with Crippen LogP contribution in [-0.4, -0.2) is 24.0 Å². The van der Waals surface area contributed by atoms with Crippen LogP contribution in [0, 0.1) is 10.1 Å². The van der Waals surface area contributed by atoms with Gasteiger partial charge in [0.2, 0.25) is 5.76 Å². The number of furan rings is 1. The lowest BCUT2D eigenvalue weighted by molar-refractivity contribution is -0.384. The number of nitro groups is 1. The second-order valence-corrected chi connectivity index (χ2v) is 4.66. The number of ether oxygens (including phenoxy) is 2. The van der Waals surface area contributed by atoms with Crippen molar-refractivity contribution >= 4 is 29.2 Å². The summed E-state index contributed by atoms with van der Waals surface area (Å²) in [6, 6.07) is 6.24. The highest BCUT2D eigenvalue weighted by Gasteiger charge is 2.18. The summed E-state index contributed by atoms with van der Waals surface area (Å²) < 4.78 is 14.6. The molecule has 0 fully saturated rings. The smallest absolute Gasteiger partial charge is 0.373 e. The predicted molar refractivity (Wildman–Crippen MR) is 77.3 cm³/mol. The van der Waals surface area contributed by atoms with Gasteiger partial charge in [0.15, 0.2) is 0 Å². The first-order chi connectivity index (χ1) is 10.9. The Labute approximate surface area is 134 Å². The van der Waals surface area contributed by atoms with Gasteiger partial charge in [0.05, 0.1) is 22.6 Å². The van der Waals surface area contributed by atoms with Crippen molar-refractivity contribution in [3.63, 3.8) is 0 Å². The number of non-ortho nitro benzene ring substituents is 1. The van der Waals surface area contributed by atoms with Crippen molar-refractivity contribution in [3.05, 3.63) is 62.6 Å².